The molecule has 0 fully saturated rings. The summed E-state index contributed by atoms with van der Waals surface area (Å²) >= 11 is 0. The van der Waals surface area contributed by atoms with Crippen LogP contribution in [0, 0.1) is 19.3 Å². The molecule has 6 heteroatoms. The molecule has 1 aromatic carbocycles. The SMILES string of the molecule is Cc1cccc(C)c1NC(=O)NC(=N)N=Cc1ccccn1. The van der Waals surface area contributed by atoms with Gasteiger partial charge in [0.05, 0.1) is 11.9 Å². The van der Waals surface area contributed by atoms with Gasteiger partial charge in [-0.1, -0.05) is 24.3 Å². The number of carbonyl (C=O) groups excluding carboxylic acids is 1. The van der Waals surface area contributed by atoms with Gasteiger partial charge in [0.15, 0.2) is 0 Å². The number of benzene rings is 1. The summed E-state index contributed by atoms with van der Waals surface area (Å²) in [6, 6.07) is 10.6. The van der Waals surface area contributed by atoms with E-state index >= 15 is 0 Å². The summed E-state index contributed by atoms with van der Waals surface area (Å²) in [6.45, 7) is 3.82. The minimum Gasteiger partial charge on any atom is -0.307 e. The molecule has 1 aromatic heterocycles. The Morgan fingerprint density at radius 2 is 1.91 bits per heavy atom. The second-order valence-corrected chi connectivity index (χ2v) is 4.71. The molecule has 0 radical (unpaired) electrons. The molecule has 3 N–H and O–H groups in total. The minimum absolute atomic E-state index is 0.255. The first-order valence-corrected chi connectivity index (χ1v) is 6.74. The van der Waals surface area contributed by atoms with Crippen molar-refractivity contribution in [2.45, 2.75) is 13.8 Å². The summed E-state index contributed by atoms with van der Waals surface area (Å²) in [5, 5.41) is 12.7. The maximum Gasteiger partial charge on any atom is 0.326 e. The predicted octanol–water partition coefficient (Wildman–Crippen LogP) is 2.87. The number of carbonyl (C=O) groups is 1. The number of aliphatic imine (C=N–C) groups is 1. The van der Waals surface area contributed by atoms with Crippen LogP contribution in [0.2, 0.25) is 0 Å². The van der Waals surface area contributed by atoms with Crippen molar-refractivity contribution in [3.05, 3.63) is 59.4 Å². The molecule has 0 bridgehead atoms. The summed E-state index contributed by atoms with van der Waals surface area (Å²) < 4.78 is 0. The van der Waals surface area contributed by atoms with Crippen LogP contribution in [0.15, 0.2) is 47.6 Å². The second-order valence-electron chi connectivity index (χ2n) is 4.71. The Morgan fingerprint density at radius 1 is 1.18 bits per heavy atom. The fourth-order valence-corrected chi connectivity index (χ4v) is 1.88. The summed E-state index contributed by atoms with van der Waals surface area (Å²) in [4.78, 5) is 19.8. The van der Waals surface area contributed by atoms with Gasteiger partial charge in [0.25, 0.3) is 0 Å². The first kappa shape index (κ1) is 15.4. The van der Waals surface area contributed by atoms with Gasteiger partial charge >= 0.3 is 6.03 Å². The van der Waals surface area contributed by atoms with E-state index in [9.17, 15) is 4.79 Å². The van der Waals surface area contributed by atoms with Gasteiger partial charge in [-0.05, 0) is 37.1 Å². The molecule has 22 heavy (non-hydrogen) atoms. The van der Waals surface area contributed by atoms with Crippen molar-refractivity contribution in [2.24, 2.45) is 4.99 Å². The molecule has 0 spiro atoms. The molecule has 0 aliphatic carbocycles. The largest absolute Gasteiger partial charge is 0.326 e. The van der Waals surface area contributed by atoms with E-state index in [1.807, 2.05) is 38.1 Å². The number of amides is 2. The van der Waals surface area contributed by atoms with Crippen molar-refractivity contribution in [3.8, 4) is 0 Å². The van der Waals surface area contributed by atoms with Gasteiger partial charge in [-0.3, -0.25) is 15.7 Å². The number of aryl methyl sites for hydroxylation is 2. The van der Waals surface area contributed by atoms with Gasteiger partial charge in [-0.25, -0.2) is 9.79 Å². The third kappa shape index (κ3) is 4.24. The highest BCUT2D eigenvalue weighted by Crippen LogP contribution is 2.18. The molecule has 0 unspecified atom stereocenters. The van der Waals surface area contributed by atoms with Crippen LogP contribution in [-0.2, 0) is 0 Å². The Kier molecular flexibility index (Phi) is 4.98. The van der Waals surface area contributed by atoms with E-state index in [1.54, 1.807) is 18.3 Å². The quantitative estimate of drug-likeness (QED) is 0.587. The molecule has 2 rings (SSSR count). The minimum atomic E-state index is -0.499. The van der Waals surface area contributed by atoms with Crippen LogP contribution in [0.3, 0.4) is 0 Å². The predicted molar refractivity (Wildman–Crippen MR) is 87.6 cm³/mol. The van der Waals surface area contributed by atoms with Crippen LogP contribution in [0.4, 0.5) is 10.5 Å². The van der Waals surface area contributed by atoms with Crippen molar-refractivity contribution in [2.75, 3.05) is 5.32 Å². The van der Waals surface area contributed by atoms with E-state index < -0.39 is 6.03 Å². The zero-order chi connectivity index (χ0) is 15.9. The van der Waals surface area contributed by atoms with Gasteiger partial charge in [-0.2, -0.15) is 0 Å². The first-order valence-electron chi connectivity index (χ1n) is 6.74. The zero-order valence-corrected chi connectivity index (χ0v) is 12.4. The van der Waals surface area contributed by atoms with Crippen LogP contribution in [0.1, 0.15) is 16.8 Å². The molecule has 0 aliphatic heterocycles. The fourth-order valence-electron chi connectivity index (χ4n) is 1.88. The number of nitrogens with one attached hydrogen (secondary N) is 3. The van der Waals surface area contributed by atoms with Gasteiger partial charge in [0.1, 0.15) is 0 Å². The molecular weight excluding hydrogens is 278 g/mol. The van der Waals surface area contributed by atoms with Crippen molar-refractivity contribution >= 4 is 23.9 Å². The fraction of sp³-hybridized carbons (Fsp3) is 0.125. The molecule has 6 nitrogen and oxygen atoms in total. The number of hydrogen-bond acceptors (Lipinski definition) is 3. The maximum atomic E-state index is 11.9. The molecule has 1 heterocycles. The van der Waals surface area contributed by atoms with Gasteiger partial charge in [0.2, 0.25) is 5.96 Å². The first-order chi connectivity index (χ1) is 10.6. The standard InChI is InChI=1S/C16H17N5O/c1-11-6-5-7-12(2)14(11)20-16(22)21-15(17)19-10-13-8-3-4-9-18-13/h3-10H,1-2H3,(H3,17,20,21,22). The summed E-state index contributed by atoms with van der Waals surface area (Å²) in [6.07, 6.45) is 3.05. The van der Waals surface area contributed by atoms with Crippen LogP contribution >= 0.6 is 0 Å². The molecule has 0 atom stereocenters. The Hall–Kier alpha value is -3.02. The molecular formula is C16H17N5O. The number of guanidine groups is 1. The van der Waals surface area contributed by atoms with Gasteiger partial charge in [-0.15, -0.1) is 0 Å². The summed E-state index contributed by atoms with van der Waals surface area (Å²) in [5.74, 6) is -0.255. The number of hydrogen-bond donors (Lipinski definition) is 3. The normalized spacial score (nSPS) is 10.5. The van der Waals surface area contributed by atoms with Crippen molar-refractivity contribution < 1.29 is 4.79 Å². The van der Waals surface area contributed by atoms with Crippen molar-refractivity contribution in [1.82, 2.24) is 10.3 Å². The highest BCUT2D eigenvalue weighted by Gasteiger charge is 2.07. The molecule has 2 amide bonds. The van der Waals surface area contributed by atoms with E-state index in [-0.39, 0.29) is 5.96 Å². The number of nitrogens with zero attached hydrogens (tertiary/aromatic N) is 2. The van der Waals surface area contributed by atoms with Crippen molar-refractivity contribution in [1.29, 1.82) is 5.41 Å². The van der Waals surface area contributed by atoms with Crippen LogP contribution in [-0.4, -0.2) is 23.2 Å². The van der Waals surface area contributed by atoms with E-state index in [4.69, 9.17) is 5.41 Å². The van der Waals surface area contributed by atoms with Crippen LogP contribution in [0.25, 0.3) is 0 Å². The number of urea groups is 1. The molecule has 112 valence electrons. The van der Waals surface area contributed by atoms with Gasteiger partial charge < -0.3 is 5.32 Å². The lowest BCUT2D eigenvalue weighted by molar-refractivity contribution is 0.256. The topological polar surface area (TPSA) is 90.2 Å². The number of anilines is 1. The average molecular weight is 295 g/mol. The lowest BCUT2D eigenvalue weighted by Crippen LogP contribution is -2.33. The monoisotopic (exact) mass is 295 g/mol. The van der Waals surface area contributed by atoms with Gasteiger partial charge in [0, 0.05) is 11.9 Å². The third-order valence-electron chi connectivity index (χ3n) is 2.97. The Labute approximate surface area is 128 Å². The van der Waals surface area contributed by atoms with Crippen molar-refractivity contribution in [3.63, 3.8) is 0 Å². The number of para-hydroxylation sites is 1. The molecule has 0 saturated carbocycles. The second kappa shape index (κ2) is 7.12. The Bertz CT molecular complexity index is 689. The number of rotatable bonds is 2. The summed E-state index contributed by atoms with van der Waals surface area (Å²) in [5.41, 5.74) is 3.27. The maximum absolute atomic E-state index is 11.9. The lowest BCUT2D eigenvalue weighted by atomic mass is 10.1. The van der Waals surface area contributed by atoms with E-state index in [0.717, 1.165) is 16.8 Å². The highest BCUT2D eigenvalue weighted by atomic mass is 16.2. The Morgan fingerprint density at radius 3 is 2.55 bits per heavy atom. The van der Waals surface area contributed by atoms with E-state index in [1.165, 1.54) is 6.21 Å². The average Bonchev–Trinajstić information content (AvgIpc) is 2.50. The lowest BCUT2D eigenvalue weighted by Gasteiger charge is -2.11. The van der Waals surface area contributed by atoms with Crippen LogP contribution < -0.4 is 10.6 Å². The molecule has 0 aliphatic rings. The molecule has 0 saturated heterocycles. The Balaban J connectivity index is 1.95. The molecule has 2 aromatic rings. The number of pyridine rings is 1. The van der Waals surface area contributed by atoms with E-state index in [0.29, 0.717) is 5.69 Å². The van der Waals surface area contributed by atoms with E-state index in [2.05, 4.69) is 20.6 Å². The third-order valence-corrected chi connectivity index (χ3v) is 2.97. The smallest absolute Gasteiger partial charge is 0.307 e. The zero-order valence-electron chi connectivity index (χ0n) is 12.4. The summed E-state index contributed by atoms with van der Waals surface area (Å²) in [7, 11) is 0. The number of aromatic nitrogens is 1. The van der Waals surface area contributed by atoms with Crippen LogP contribution in [0.5, 0.6) is 0 Å². The highest BCUT2D eigenvalue weighted by molar-refractivity contribution is 6.04.